The van der Waals surface area contributed by atoms with Crippen molar-refractivity contribution in [1.29, 1.82) is 0 Å². The molecule has 1 aliphatic heterocycles. The summed E-state index contributed by atoms with van der Waals surface area (Å²) in [4.78, 5) is 15.1. The van der Waals surface area contributed by atoms with Gasteiger partial charge in [0.15, 0.2) is 0 Å². The van der Waals surface area contributed by atoms with Crippen LogP contribution in [0, 0.1) is 20.8 Å². The number of anilines is 1. The number of nitrogens with one attached hydrogen (secondary N) is 1. The molecule has 3 heteroatoms. The van der Waals surface area contributed by atoms with E-state index in [0.29, 0.717) is 6.04 Å². The zero-order chi connectivity index (χ0) is 18.0. The summed E-state index contributed by atoms with van der Waals surface area (Å²) in [6.45, 7) is 13.1. The second kappa shape index (κ2) is 7.40. The van der Waals surface area contributed by atoms with Gasteiger partial charge in [0.1, 0.15) is 12.3 Å². The van der Waals surface area contributed by atoms with Crippen molar-refractivity contribution in [1.82, 2.24) is 0 Å². The third-order valence-electron chi connectivity index (χ3n) is 5.79. The highest BCUT2D eigenvalue weighted by molar-refractivity contribution is 5.78. The molecule has 1 heterocycles. The van der Waals surface area contributed by atoms with E-state index in [4.69, 9.17) is 0 Å². The van der Waals surface area contributed by atoms with Crippen molar-refractivity contribution >= 4 is 12.0 Å². The van der Waals surface area contributed by atoms with E-state index in [1.54, 1.807) is 4.90 Å². The third kappa shape index (κ3) is 3.77. The van der Waals surface area contributed by atoms with Gasteiger partial charge in [-0.1, -0.05) is 12.1 Å². The van der Waals surface area contributed by atoms with Crippen LogP contribution in [-0.2, 0) is 0 Å². The fourth-order valence-electron chi connectivity index (χ4n) is 3.74. The van der Waals surface area contributed by atoms with Crippen molar-refractivity contribution in [3.8, 4) is 0 Å². The first-order valence-corrected chi connectivity index (χ1v) is 9.22. The van der Waals surface area contributed by atoms with Crippen LogP contribution in [0.3, 0.4) is 0 Å². The summed E-state index contributed by atoms with van der Waals surface area (Å²) >= 11 is 0. The van der Waals surface area contributed by atoms with Crippen molar-refractivity contribution < 1.29 is 9.69 Å². The van der Waals surface area contributed by atoms with E-state index in [1.165, 1.54) is 22.4 Å². The summed E-state index contributed by atoms with van der Waals surface area (Å²) in [5.74, 6) is 0. The molecule has 2 aromatic carbocycles. The van der Waals surface area contributed by atoms with E-state index in [0.717, 1.165) is 43.6 Å². The molecule has 0 spiro atoms. The first kappa shape index (κ1) is 17.7. The predicted octanol–water partition coefficient (Wildman–Crippen LogP) is 2.89. The van der Waals surface area contributed by atoms with E-state index in [9.17, 15) is 4.79 Å². The highest BCUT2D eigenvalue weighted by Crippen LogP contribution is 2.19. The lowest BCUT2D eigenvalue weighted by Crippen LogP contribution is -3.14. The van der Waals surface area contributed by atoms with Gasteiger partial charge >= 0.3 is 0 Å². The fraction of sp³-hybridized carbons (Fsp3) is 0.409. The molecule has 1 atom stereocenters. The molecule has 3 rings (SSSR count). The number of hydrogen-bond acceptors (Lipinski definition) is 2. The number of benzene rings is 2. The average Bonchev–Trinajstić information content (AvgIpc) is 2.63. The molecule has 0 amide bonds. The highest BCUT2D eigenvalue weighted by atomic mass is 16.1. The molecular formula is C22H29N2O+. The molecule has 1 N–H and O–H groups in total. The fourth-order valence-corrected chi connectivity index (χ4v) is 3.74. The molecule has 0 aliphatic carbocycles. The number of rotatable bonds is 4. The van der Waals surface area contributed by atoms with Crippen LogP contribution in [0.5, 0.6) is 0 Å². The molecule has 1 fully saturated rings. The van der Waals surface area contributed by atoms with Crippen molar-refractivity contribution in [3.05, 3.63) is 64.2 Å². The van der Waals surface area contributed by atoms with Crippen LogP contribution in [0.2, 0.25) is 0 Å². The van der Waals surface area contributed by atoms with Crippen LogP contribution in [-0.4, -0.2) is 32.5 Å². The lowest BCUT2D eigenvalue weighted by atomic mass is 10.0. The van der Waals surface area contributed by atoms with Crippen molar-refractivity contribution in [3.63, 3.8) is 0 Å². The third-order valence-corrected chi connectivity index (χ3v) is 5.79. The maximum absolute atomic E-state index is 11.0. The topological polar surface area (TPSA) is 24.8 Å². The second-order valence-corrected chi connectivity index (χ2v) is 7.37. The smallest absolute Gasteiger partial charge is 0.150 e. The molecule has 0 radical (unpaired) electrons. The van der Waals surface area contributed by atoms with Crippen LogP contribution >= 0.6 is 0 Å². The number of quaternary nitrogens is 1. The summed E-state index contributed by atoms with van der Waals surface area (Å²) in [6.07, 6.45) is 0.937. The van der Waals surface area contributed by atoms with Gasteiger partial charge in [0, 0.05) is 16.8 Å². The molecule has 132 valence electrons. The van der Waals surface area contributed by atoms with Crippen LogP contribution in [0.15, 0.2) is 36.4 Å². The maximum atomic E-state index is 11.0. The Morgan fingerprint density at radius 2 is 1.68 bits per heavy atom. The Labute approximate surface area is 151 Å². The number of hydrogen-bond donors (Lipinski definition) is 1. The van der Waals surface area contributed by atoms with Crippen molar-refractivity contribution in [2.24, 2.45) is 0 Å². The number of nitrogens with zero attached hydrogens (tertiary/aromatic N) is 1. The Morgan fingerprint density at radius 3 is 2.28 bits per heavy atom. The standard InChI is InChI=1S/C22H28N2O/c1-16-5-6-20(13-17(16)2)19(4)23-9-11-24(12-10-23)22-8-7-21(15-25)18(3)14-22/h5-8,13-15,19H,9-12H2,1-4H3/p+1/t19-/m0/s1. The summed E-state index contributed by atoms with van der Waals surface area (Å²) in [6, 6.07) is 13.6. The van der Waals surface area contributed by atoms with E-state index >= 15 is 0 Å². The number of aldehydes is 1. The Bertz CT molecular complexity index is 761. The minimum absolute atomic E-state index is 0.528. The van der Waals surface area contributed by atoms with Gasteiger partial charge in [0.05, 0.1) is 26.2 Å². The minimum atomic E-state index is 0.528. The lowest BCUT2D eigenvalue weighted by Gasteiger charge is -2.37. The Kier molecular flexibility index (Phi) is 5.24. The zero-order valence-corrected chi connectivity index (χ0v) is 15.8. The largest absolute Gasteiger partial charge is 0.360 e. The average molecular weight is 337 g/mol. The van der Waals surface area contributed by atoms with Gasteiger partial charge in [-0.05, 0) is 68.7 Å². The van der Waals surface area contributed by atoms with Crippen LogP contribution in [0.4, 0.5) is 5.69 Å². The van der Waals surface area contributed by atoms with Gasteiger partial charge in [-0.25, -0.2) is 0 Å². The second-order valence-electron chi connectivity index (χ2n) is 7.37. The van der Waals surface area contributed by atoms with E-state index in [1.807, 2.05) is 13.0 Å². The van der Waals surface area contributed by atoms with E-state index < -0.39 is 0 Å². The molecular weight excluding hydrogens is 308 g/mol. The molecule has 3 nitrogen and oxygen atoms in total. The van der Waals surface area contributed by atoms with Crippen LogP contribution in [0.25, 0.3) is 0 Å². The van der Waals surface area contributed by atoms with Gasteiger partial charge in [-0.2, -0.15) is 0 Å². The maximum Gasteiger partial charge on any atom is 0.150 e. The normalized spacial score (nSPS) is 16.7. The van der Waals surface area contributed by atoms with Crippen LogP contribution < -0.4 is 9.80 Å². The Hall–Kier alpha value is -2.13. The number of carbonyl (C=O) groups is 1. The van der Waals surface area contributed by atoms with Crippen molar-refractivity contribution in [2.75, 3.05) is 31.1 Å². The molecule has 0 bridgehead atoms. The Morgan fingerprint density at radius 1 is 0.960 bits per heavy atom. The number of piperazine rings is 1. The zero-order valence-electron chi connectivity index (χ0n) is 15.8. The molecule has 25 heavy (non-hydrogen) atoms. The van der Waals surface area contributed by atoms with Gasteiger partial charge in [-0.15, -0.1) is 0 Å². The van der Waals surface area contributed by atoms with Gasteiger partial charge < -0.3 is 9.80 Å². The summed E-state index contributed by atoms with van der Waals surface area (Å²) in [5.41, 5.74) is 7.28. The molecule has 0 saturated carbocycles. The molecule has 0 aromatic heterocycles. The van der Waals surface area contributed by atoms with Crippen LogP contribution in [0.1, 0.15) is 45.6 Å². The van der Waals surface area contributed by atoms with E-state index in [-0.39, 0.29) is 0 Å². The first-order valence-electron chi connectivity index (χ1n) is 9.22. The predicted molar refractivity (Wildman–Crippen MR) is 104 cm³/mol. The van der Waals surface area contributed by atoms with Gasteiger partial charge in [0.25, 0.3) is 0 Å². The summed E-state index contributed by atoms with van der Waals surface area (Å²) in [5, 5.41) is 0. The first-order chi connectivity index (χ1) is 12.0. The summed E-state index contributed by atoms with van der Waals surface area (Å²) in [7, 11) is 0. The van der Waals surface area contributed by atoms with Gasteiger partial charge in [-0.3, -0.25) is 4.79 Å². The lowest BCUT2D eigenvalue weighted by molar-refractivity contribution is -0.930. The number of aryl methyl sites for hydroxylation is 3. The molecule has 2 aromatic rings. The van der Waals surface area contributed by atoms with Crippen molar-refractivity contribution in [2.45, 2.75) is 33.7 Å². The highest BCUT2D eigenvalue weighted by Gasteiger charge is 2.26. The summed E-state index contributed by atoms with van der Waals surface area (Å²) < 4.78 is 0. The Balaban J connectivity index is 1.65. The quantitative estimate of drug-likeness (QED) is 0.868. The SMILES string of the molecule is Cc1ccc([C@H](C)[NH+]2CCN(c3ccc(C=O)c(C)c3)CC2)cc1C. The molecule has 1 saturated heterocycles. The van der Waals surface area contributed by atoms with Gasteiger partial charge in [0.2, 0.25) is 0 Å². The molecule has 0 unspecified atom stereocenters. The number of carbonyl (C=O) groups excluding carboxylic acids is 1. The monoisotopic (exact) mass is 337 g/mol. The minimum Gasteiger partial charge on any atom is -0.360 e. The molecule has 1 aliphatic rings. The van der Waals surface area contributed by atoms with E-state index in [2.05, 4.69) is 56.0 Å².